The Morgan fingerprint density at radius 3 is 2.54 bits per heavy atom. The molecule has 184 valence electrons. The van der Waals surface area contributed by atoms with Crippen molar-refractivity contribution in [1.82, 2.24) is 14.5 Å². The standard InChI is InChI=1S/C28H35N5O2/c1-3-31-14-16-32(17-15-31)22-10-12-24(20(2)18-22)30-27(34)21-9-11-23-25(19-21)29-26-8-6-4-5-7-13-33(26)28(23)35/h9-12,18-19H,3-8,13-17H2,1-2H3,(H,30,34). The van der Waals surface area contributed by atoms with Crippen LogP contribution in [0.5, 0.6) is 0 Å². The van der Waals surface area contributed by atoms with Crippen LogP contribution in [0, 0.1) is 6.92 Å². The number of nitrogens with one attached hydrogen (secondary N) is 1. The van der Waals surface area contributed by atoms with E-state index < -0.39 is 0 Å². The summed E-state index contributed by atoms with van der Waals surface area (Å²) in [7, 11) is 0. The number of hydrogen-bond acceptors (Lipinski definition) is 5. The molecule has 0 spiro atoms. The van der Waals surface area contributed by atoms with Gasteiger partial charge in [-0.05, 0) is 68.3 Å². The minimum Gasteiger partial charge on any atom is -0.369 e. The molecule has 35 heavy (non-hydrogen) atoms. The molecule has 0 atom stereocenters. The molecule has 0 aliphatic carbocycles. The number of piperazine rings is 1. The van der Waals surface area contributed by atoms with E-state index in [0.717, 1.165) is 82.0 Å². The van der Waals surface area contributed by atoms with Crippen molar-refractivity contribution in [3.63, 3.8) is 0 Å². The predicted molar refractivity (Wildman–Crippen MR) is 142 cm³/mol. The average molecular weight is 474 g/mol. The molecular formula is C28H35N5O2. The lowest BCUT2D eigenvalue weighted by atomic mass is 10.1. The number of nitrogens with zero attached hydrogens (tertiary/aromatic N) is 4. The Morgan fingerprint density at radius 1 is 0.971 bits per heavy atom. The number of aryl methyl sites for hydroxylation is 2. The average Bonchev–Trinajstić information content (AvgIpc) is 2.86. The van der Waals surface area contributed by atoms with Gasteiger partial charge < -0.3 is 15.1 Å². The van der Waals surface area contributed by atoms with Crippen molar-refractivity contribution in [2.24, 2.45) is 0 Å². The van der Waals surface area contributed by atoms with Gasteiger partial charge in [0.05, 0.1) is 10.9 Å². The van der Waals surface area contributed by atoms with E-state index in [1.807, 2.05) is 17.6 Å². The van der Waals surface area contributed by atoms with E-state index in [1.165, 1.54) is 12.1 Å². The van der Waals surface area contributed by atoms with Crippen molar-refractivity contribution in [1.29, 1.82) is 0 Å². The molecule has 1 fully saturated rings. The topological polar surface area (TPSA) is 70.5 Å². The summed E-state index contributed by atoms with van der Waals surface area (Å²) in [6.45, 7) is 10.3. The highest BCUT2D eigenvalue weighted by molar-refractivity contribution is 6.06. The van der Waals surface area contributed by atoms with Crippen molar-refractivity contribution in [2.75, 3.05) is 42.9 Å². The lowest BCUT2D eigenvalue weighted by molar-refractivity contribution is 0.102. The molecule has 0 bridgehead atoms. The molecule has 0 radical (unpaired) electrons. The first-order chi connectivity index (χ1) is 17.0. The van der Waals surface area contributed by atoms with Gasteiger partial charge >= 0.3 is 0 Å². The fourth-order valence-corrected chi connectivity index (χ4v) is 5.24. The molecule has 3 heterocycles. The van der Waals surface area contributed by atoms with Gasteiger partial charge in [-0.3, -0.25) is 14.2 Å². The summed E-state index contributed by atoms with van der Waals surface area (Å²) in [5, 5.41) is 3.63. The second-order valence-corrected chi connectivity index (χ2v) is 9.76. The number of benzene rings is 2. The summed E-state index contributed by atoms with van der Waals surface area (Å²) >= 11 is 0. The molecule has 0 unspecified atom stereocenters. The van der Waals surface area contributed by atoms with Gasteiger partial charge in [-0.25, -0.2) is 4.98 Å². The second-order valence-electron chi connectivity index (χ2n) is 9.76. The Morgan fingerprint density at radius 2 is 1.77 bits per heavy atom. The van der Waals surface area contributed by atoms with Crippen LogP contribution in [0.2, 0.25) is 0 Å². The fourth-order valence-electron chi connectivity index (χ4n) is 5.24. The third-order valence-electron chi connectivity index (χ3n) is 7.47. The number of carbonyl (C=O) groups is 1. The second kappa shape index (κ2) is 10.2. The zero-order valence-electron chi connectivity index (χ0n) is 20.8. The molecule has 1 N–H and O–H groups in total. The Balaban J connectivity index is 1.35. The summed E-state index contributed by atoms with van der Waals surface area (Å²) in [6, 6.07) is 11.5. The Bertz CT molecular complexity index is 1290. The van der Waals surface area contributed by atoms with Crippen molar-refractivity contribution < 1.29 is 4.79 Å². The first-order valence-corrected chi connectivity index (χ1v) is 13.0. The van der Waals surface area contributed by atoms with E-state index in [4.69, 9.17) is 4.98 Å². The maximum absolute atomic E-state index is 13.1. The minimum absolute atomic E-state index is 0.00469. The van der Waals surface area contributed by atoms with Gasteiger partial charge in [0.25, 0.3) is 11.5 Å². The highest BCUT2D eigenvalue weighted by Crippen LogP contribution is 2.25. The van der Waals surface area contributed by atoms with E-state index in [-0.39, 0.29) is 11.5 Å². The van der Waals surface area contributed by atoms with E-state index in [2.05, 4.69) is 34.2 Å². The van der Waals surface area contributed by atoms with Crippen LogP contribution in [0.15, 0.2) is 41.2 Å². The number of hydrogen-bond donors (Lipinski definition) is 1. The zero-order chi connectivity index (χ0) is 24.4. The van der Waals surface area contributed by atoms with Gasteiger partial charge in [-0.15, -0.1) is 0 Å². The van der Waals surface area contributed by atoms with Crippen LogP contribution in [0.3, 0.4) is 0 Å². The number of likely N-dealkylation sites (N-methyl/N-ethyl adjacent to an activating group) is 1. The summed E-state index contributed by atoms with van der Waals surface area (Å²) in [5.74, 6) is 0.652. The maximum atomic E-state index is 13.1. The number of anilines is 2. The van der Waals surface area contributed by atoms with Crippen molar-refractivity contribution in [3.8, 4) is 0 Å². The first-order valence-electron chi connectivity index (χ1n) is 13.0. The summed E-state index contributed by atoms with van der Waals surface area (Å²) < 4.78 is 1.83. The van der Waals surface area contributed by atoms with Crippen LogP contribution in [0.1, 0.15) is 54.4 Å². The first kappa shape index (κ1) is 23.5. The monoisotopic (exact) mass is 473 g/mol. The molecule has 0 saturated carbocycles. The molecule has 2 aromatic carbocycles. The lowest BCUT2D eigenvalue weighted by Gasteiger charge is -2.35. The fraction of sp³-hybridized carbons (Fsp3) is 0.464. The molecule has 1 amide bonds. The maximum Gasteiger partial charge on any atom is 0.261 e. The van der Waals surface area contributed by atoms with Gasteiger partial charge in [0, 0.05) is 56.1 Å². The minimum atomic E-state index is -0.187. The molecule has 7 nitrogen and oxygen atoms in total. The molecule has 5 rings (SSSR count). The van der Waals surface area contributed by atoms with Gasteiger partial charge in [-0.2, -0.15) is 0 Å². The van der Waals surface area contributed by atoms with Crippen LogP contribution in [-0.4, -0.2) is 53.1 Å². The Kier molecular flexibility index (Phi) is 6.86. The van der Waals surface area contributed by atoms with Crippen LogP contribution in [0.25, 0.3) is 10.9 Å². The van der Waals surface area contributed by atoms with Gasteiger partial charge in [0.1, 0.15) is 5.82 Å². The van der Waals surface area contributed by atoms with Crippen LogP contribution >= 0.6 is 0 Å². The largest absolute Gasteiger partial charge is 0.369 e. The highest BCUT2D eigenvalue weighted by Gasteiger charge is 2.18. The molecule has 2 aliphatic rings. The summed E-state index contributed by atoms with van der Waals surface area (Å²) in [4.78, 5) is 35.8. The molecule has 1 aromatic heterocycles. The van der Waals surface area contributed by atoms with Crippen molar-refractivity contribution >= 4 is 28.2 Å². The molecular weight excluding hydrogens is 438 g/mol. The third-order valence-corrected chi connectivity index (χ3v) is 7.47. The quantitative estimate of drug-likeness (QED) is 0.615. The molecule has 3 aromatic rings. The number of rotatable bonds is 4. The van der Waals surface area contributed by atoms with E-state index in [9.17, 15) is 9.59 Å². The smallest absolute Gasteiger partial charge is 0.261 e. The van der Waals surface area contributed by atoms with Gasteiger partial charge in [0.2, 0.25) is 0 Å². The van der Waals surface area contributed by atoms with Crippen molar-refractivity contribution in [3.05, 3.63) is 63.7 Å². The molecule has 2 aliphatic heterocycles. The lowest BCUT2D eigenvalue weighted by Crippen LogP contribution is -2.46. The Labute approximate surface area is 206 Å². The van der Waals surface area contributed by atoms with E-state index >= 15 is 0 Å². The van der Waals surface area contributed by atoms with Crippen molar-refractivity contribution in [2.45, 2.75) is 52.5 Å². The van der Waals surface area contributed by atoms with Gasteiger partial charge in [0.15, 0.2) is 0 Å². The number of fused-ring (bicyclic) bond motifs is 2. The number of amides is 1. The van der Waals surface area contributed by atoms with E-state index in [1.54, 1.807) is 18.2 Å². The summed E-state index contributed by atoms with van der Waals surface area (Å²) in [6.07, 6.45) is 5.18. The van der Waals surface area contributed by atoms with E-state index in [0.29, 0.717) is 16.5 Å². The van der Waals surface area contributed by atoms with Crippen LogP contribution < -0.4 is 15.8 Å². The van der Waals surface area contributed by atoms with Crippen LogP contribution in [-0.2, 0) is 13.0 Å². The predicted octanol–water partition coefficient (Wildman–Crippen LogP) is 4.22. The number of carbonyl (C=O) groups excluding carboxylic acids is 1. The highest BCUT2D eigenvalue weighted by atomic mass is 16.1. The Hall–Kier alpha value is -3.19. The number of aromatic nitrogens is 2. The SMILES string of the molecule is CCN1CCN(c2ccc(NC(=O)c3ccc4c(=O)n5c(nc4c3)CCCCCC5)c(C)c2)CC1. The summed E-state index contributed by atoms with van der Waals surface area (Å²) in [5.41, 5.74) is 4.16. The normalized spacial score (nSPS) is 17.0. The molecule has 7 heteroatoms. The third kappa shape index (κ3) is 4.96. The zero-order valence-corrected chi connectivity index (χ0v) is 20.8. The molecule has 1 saturated heterocycles. The van der Waals surface area contributed by atoms with Gasteiger partial charge in [-0.1, -0.05) is 19.8 Å². The van der Waals surface area contributed by atoms with Crippen LogP contribution in [0.4, 0.5) is 11.4 Å².